The number of hydrogen-bond donors (Lipinski definition) is 3. The largest absolute Gasteiger partial charge is 0.409 e. The highest BCUT2D eigenvalue weighted by atomic mass is 35.5. The van der Waals surface area contributed by atoms with E-state index in [1.165, 1.54) is 18.2 Å². The third-order valence-electron chi connectivity index (χ3n) is 2.36. The van der Waals surface area contributed by atoms with E-state index in [0.29, 0.717) is 11.3 Å². The molecule has 0 radical (unpaired) electrons. The molecule has 0 saturated carbocycles. The summed E-state index contributed by atoms with van der Waals surface area (Å²) < 4.78 is 28.2. The SMILES string of the molecule is N/C(=N/O)c1ccc(NC(=O)CCOCC(F)F)c(Cl)c1. The molecule has 0 aliphatic rings. The van der Waals surface area contributed by atoms with Crippen LogP contribution in [0.15, 0.2) is 23.4 Å². The number of alkyl halides is 2. The van der Waals surface area contributed by atoms with Gasteiger partial charge in [-0.05, 0) is 18.2 Å². The van der Waals surface area contributed by atoms with Crippen LogP contribution in [0.5, 0.6) is 0 Å². The minimum atomic E-state index is -2.56. The average Bonchev–Trinajstić information content (AvgIpc) is 2.44. The molecule has 4 N–H and O–H groups in total. The molecule has 1 aromatic carbocycles. The number of amides is 1. The van der Waals surface area contributed by atoms with Gasteiger partial charge in [0.25, 0.3) is 6.43 Å². The summed E-state index contributed by atoms with van der Waals surface area (Å²) in [7, 11) is 0. The first kappa shape index (κ1) is 17.1. The predicted molar refractivity (Wildman–Crippen MR) is 74.0 cm³/mol. The average molecular weight is 322 g/mol. The quantitative estimate of drug-likeness (QED) is 0.235. The number of nitrogens with two attached hydrogens (primary N) is 1. The van der Waals surface area contributed by atoms with Gasteiger partial charge in [0.05, 0.1) is 23.7 Å². The summed E-state index contributed by atoms with van der Waals surface area (Å²) >= 11 is 5.94. The van der Waals surface area contributed by atoms with Crippen molar-refractivity contribution in [2.75, 3.05) is 18.5 Å². The molecule has 0 aromatic heterocycles. The lowest BCUT2D eigenvalue weighted by Gasteiger charge is -2.09. The van der Waals surface area contributed by atoms with Gasteiger partial charge in [0.15, 0.2) is 5.84 Å². The number of hydrogen-bond acceptors (Lipinski definition) is 4. The second-order valence-corrected chi connectivity index (χ2v) is 4.35. The van der Waals surface area contributed by atoms with Crippen LogP contribution in [0.4, 0.5) is 14.5 Å². The van der Waals surface area contributed by atoms with Gasteiger partial charge in [-0.15, -0.1) is 0 Å². The van der Waals surface area contributed by atoms with Crippen molar-refractivity contribution in [2.45, 2.75) is 12.8 Å². The molecule has 116 valence electrons. The van der Waals surface area contributed by atoms with E-state index in [-0.39, 0.29) is 23.9 Å². The molecule has 0 aliphatic carbocycles. The van der Waals surface area contributed by atoms with Crippen molar-refractivity contribution in [3.05, 3.63) is 28.8 Å². The molecule has 0 saturated heterocycles. The first-order chi connectivity index (χ1) is 9.93. The number of nitrogens with one attached hydrogen (secondary N) is 1. The maximum Gasteiger partial charge on any atom is 0.261 e. The number of carbonyl (C=O) groups is 1. The Morgan fingerprint density at radius 3 is 2.81 bits per heavy atom. The Labute approximate surface area is 124 Å². The fourth-order valence-electron chi connectivity index (χ4n) is 1.38. The summed E-state index contributed by atoms with van der Waals surface area (Å²) in [6.45, 7) is -0.821. The molecule has 0 spiro atoms. The van der Waals surface area contributed by atoms with Crippen LogP contribution in [-0.4, -0.2) is 36.6 Å². The molecule has 0 aliphatic heterocycles. The van der Waals surface area contributed by atoms with Gasteiger partial charge in [-0.3, -0.25) is 4.79 Å². The fourth-order valence-corrected chi connectivity index (χ4v) is 1.61. The summed E-state index contributed by atoms with van der Waals surface area (Å²) in [5.41, 5.74) is 6.11. The summed E-state index contributed by atoms with van der Waals surface area (Å²) in [6, 6.07) is 4.40. The molecule has 0 fully saturated rings. The van der Waals surface area contributed by atoms with Crippen molar-refractivity contribution in [2.24, 2.45) is 10.9 Å². The lowest BCUT2D eigenvalue weighted by atomic mass is 10.2. The number of rotatable bonds is 7. The Bertz CT molecular complexity index is 526. The Kier molecular flexibility index (Phi) is 6.83. The molecule has 1 aromatic rings. The van der Waals surface area contributed by atoms with Gasteiger partial charge in [-0.2, -0.15) is 0 Å². The predicted octanol–water partition coefficient (Wildman–Crippen LogP) is 2.04. The third-order valence-corrected chi connectivity index (χ3v) is 2.68. The van der Waals surface area contributed by atoms with E-state index in [4.69, 9.17) is 22.5 Å². The van der Waals surface area contributed by atoms with Crippen molar-refractivity contribution >= 4 is 29.0 Å². The maximum absolute atomic E-state index is 11.8. The zero-order valence-electron chi connectivity index (χ0n) is 10.9. The monoisotopic (exact) mass is 321 g/mol. The highest BCUT2D eigenvalue weighted by molar-refractivity contribution is 6.34. The highest BCUT2D eigenvalue weighted by Crippen LogP contribution is 2.23. The van der Waals surface area contributed by atoms with Crippen LogP contribution in [0.2, 0.25) is 5.02 Å². The lowest BCUT2D eigenvalue weighted by molar-refractivity contribution is -0.117. The van der Waals surface area contributed by atoms with Gasteiger partial charge in [0, 0.05) is 5.56 Å². The van der Waals surface area contributed by atoms with E-state index in [0.717, 1.165) is 0 Å². The molecule has 1 amide bonds. The van der Waals surface area contributed by atoms with Crippen LogP contribution in [0.25, 0.3) is 0 Å². The molecule has 6 nitrogen and oxygen atoms in total. The molecule has 0 heterocycles. The van der Waals surface area contributed by atoms with Crippen molar-refractivity contribution in [1.82, 2.24) is 0 Å². The maximum atomic E-state index is 11.8. The summed E-state index contributed by atoms with van der Waals surface area (Å²) in [4.78, 5) is 11.6. The zero-order chi connectivity index (χ0) is 15.8. The number of oxime groups is 1. The second-order valence-electron chi connectivity index (χ2n) is 3.94. The van der Waals surface area contributed by atoms with Gasteiger partial charge in [-0.25, -0.2) is 8.78 Å². The van der Waals surface area contributed by atoms with Gasteiger partial charge < -0.3 is 21.0 Å². The Morgan fingerprint density at radius 2 is 2.24 bits per heavy atom. The number of nitrogens with zero attached hydrogens (tertiary/aromatic N) is 1. The molecular formula is C12H14ClF2N3O3. The van der Waals surface area contributed by atoms with Crippen molar-refractivity contribution in [3.63, 3.8) is 0 Å². The van der Waals surface area contributed by atoms with Crippen LogP contribution in [0.1, 0.15) is 12.0 Å². The summed E-state index contributed by atoms with van der Waals surface area (Å²) in [5.74, 6) is -0.544. The smallest absolute Gasteiger partial charge is 0.261 e. The van der Waals surface area contributed by atoms with Gasteiger partial charge in [-0.1, -0.05) is 16.8 Å². The Balaban J connectivity index is 2.53. The molecule has 0 unspecified atom stereocenters. The van der Waals surface area contributed by atoms with Crippen LogP contribution >= 0.6 is 11.6 Å². The van der Waals surface area contributed by atoms with Crippen LogP contribution < -0.4 is 11.1 Å². The first-order valence-electron chi connectivity index (χ1n) is 5.87. The van der Waals surface area contributed by atoms with Crippen LogP contribution in [-0.2, 0) is 9.53 Å². The van der Waals surface area contributed by atoms with E-state index in [1.54, 1.807) is 0 Å². The summed E-state index contributed by atoms with van der Waals surface area (Å²) in [5, 5.41) is 14.1. The first-order valence-corrected chi connectivity index (χ1v) is 6.25. The molecule has 0 bridgehead atoms. The number of ether oxygens (including phenoxy) is 1. The number of halogens is 3. The van der Waals surface area contributed by atoms with E-state index >= 15 is 0 Å². The van der Waals surface area contributed by atoms with E-state index in [2.05, 4.69) is 15.2 Å². The van der Waals surface area contributed by atoms with Crippen molar-refractivity contribution < 1.29 is 23.5 Å². The van der Waals surface area contributed by atoms with Crippen LogP contribution in [0, 0.1) is 0 Å². The summed E-state index contributed by atoms with van der Waals surface area (Å²) in [6.07, 6.45) is -2.64. The minimum Gasteiger partial charge on any atom is -0.409 e. The minimum absolute atomic E-state index is 0.0783. The second kappa shape index (κ2) is 8.38. The van der Waals surface area contributed by atoms with E-state index < -0.39 is 18.9 Å². The van der Waals surface area contributed by atoms with E-state index in [9.17, 15) is 13.6 Å². The third kappa shape index (κ3) is 5.92. The standard InChI is InChI=1S/C12H14ClF2N3O3/c13-8-5-7(12(16)18-20)1-2-9(8)17-11(19)3-4-21-6-10(14)15/h1-2,5,10,20H,3-4,6H2,(H2,16,18)(H,17,19). The number of amidine groups is 1. The van der Waals surface area contributed by atoms with Gasteiger partial charge >= 0.3 is 0 Å². The highest BCUT2D eigenvalue weighted by Gasteiger charge is 2.09. The lowest BCUT2D eigenvalue weighted by Crippen LogP contribution is -2.17. The molecule has 0 atom stereocenters. The normalized spacial score (nSPS) is 11.7. The number of anilines is 1. The van der Waals surface area contributed by atoms with Crippen LogP contribution in [0.3, 0.4) is 0 Å². The fraction of sp³-hybridized carbons (Fsp3) is 0.333. The van der Waals surface area contributed by atoms with Crippen molar-refractivity contribution in [3.8, 4) is 0 Å². The van der Waals surface area contributed by atoms with E-state index in [1.807, 2.05) is 0 Å². The van der Waals surface area contributed by atoms with Crippen molar-refractivity contribution in [1.29, 1.82) is 0 Å². The number of carbonyl (C=O) groups excluding carboxylic acids is 1. The molecule has 1 rings (SSSR count). The Hall–Kier alpha value is -1.93. The topological polar surface area (TPSA) is 96.9 Å². The number of benzene rings is 1. The van der Waals surface area contributed by atoms with Gasteiger partial charge in [0.1, 0.15) is 6.61 Å². The zero-order valence-corrected chi connectivity index (χ0v) is 11.6. The van der Waals surface area contributed by atoms with Gasteiger partial charge in [0.2, 0.25) is 5.91 Å². The molecule has 21 heavy (non-hydrogen) atoms. The Morgan fingerprint density at radius 1 is 1.52 bits per heavy atom. The molecular weight excluding hydrogens is 308 g/mol. The molecule has 9 heteroatoms.